The summed E-state index contributed by atoms with van der Waals surface area (Å²) in [4.78, 5) is 43.4. The van der Waals surface area contributed by atoms with Crippen LogP contribution in [0.2, 0.25) is 0 Å². The molecule has 0 aromatic heterocycles. The Labute approximate surface area is 241 Å². The maximum Gasteiger partial charge on any atom is 0.408 e. The zero-order valence-electron chi connectivity index (χ0n) is 26.3. The van der Waals surface area contributed by atoms with E-state index in [0.29, 0.717) is 18.4 Å². The zero-order chi connectivity index (χ0) is 30.4. The first-order valence-corrected chi connectivity index (χ1v) is 14.3. The van der Waals surface area contributed by atoms with E-state index >= 15 is 0 Å². The first-order chi connectivity index (χ1) is 18.5. The van der Waals surface area contributed by atoms with Gasteiger partial charge >= 0.3 is 6.09 Å². The lowest BCUT2D eigenvalue weighted by Gasteiger charge is -2.45. The van der Waals surface area contributed by atoms with Gasteiger partial charge in [0.15, 0.2) is 0 Å². The summed E-state index contributed by atoms with van der Waals surface area (Å²) in [5.74, 6) is -0.832. The van der Waals surface area contributed by atoms with Crippen LogP contribution in [0.3, 0.4) is 0 Å². The molecule has 220 valence electrons. The van der Waals surface area contributed by atoms with Crippen molar-refractivity contribution in [2.24, 2.45) is 5.92 Å². The van der Waals surface area contributed by atoms with Crippen molar-refractivity contribution < 1.29 is 19.1 Å². The highest BCUT2D eigenvalue weighted by Crippen LogP contribution is 2.34. The number of alkyl carbamates (subject to hydrolysis) is 1. The van der Waals surface area contributed by atoms with Gasteiger partial charge in [-0.05, 0) is 84.4 Å². The third kappa shape index (κ3) is 8.33. The molecule has 0 aliphatic rings. The van der Waals surface area contributed by atoms with Crippen molar-refractivity contribution in [3.05, 3.63) is 64.7 Å². The van der Waals surface area contributed by atoms with Crippen molar-refractivity contribution in [3.63, 3.8) is 0 Å². The highest BCUT2D eigenvalue weighted by molar-refractivity contribution is 6.00. The normalized spacial score (nSPS) is 14.1. The Bertz CT molecular complexity index is 1160. The largest absolute Gasteiger partial charge is 0.444 e. The Kier molecular flexibility index (Phi) is 11.0. The van der Waals surface area contributed by atoms with Gasteiger partial charge in [0.25, 0.3) is 5.91 Å². The van der Waals surface area contributed by atoms with E-state index in [-0.39, 0.29) is 17.7 Å². The molecule has 2 aromatic carbocycles. The molecule has 0 aliphatic carbocycles. The zero-order valence-corrected chi connectivity index (χ0v) is 26.3. The Morgan fingerprint density at radius 2 is 1.45 bits per heavy atom. The number of amides is 3. The molecule has 2 N–H and O–H groups in total. The molecule has 7 heteroatoms. The third-order valence-corrected chi connectivity index (χ3v) is 7.54. The van der Waals surface area contributed by atoms with E-state index in [0.717, 1.165) is 22.4 Å². The Morgan fingerprint density at radius 1 is 0.900 bits per heavy atom. The molecule has 40 heavy (non-hydrogen) atoms. The van der Waals surface area contributed by atoms with Crippen LogP contribution in [-0.2, 0) is 14.3 Å². The predicted molar refractivity (Wildman–Crippen MR) is 162 cm³/mol. The molecule has 0 fully saturated rings. The van der Waals surface area contributed by atoms with Gasteiger partial charge in [0, 0.05) is 11.2 Å². The molecule has 0 saturated carbocycles. The summed E-state index contributed by atoms with van der Waals surface area (Å²) in [6, 6.07) is 11.7. The fraction of sp³-hybridized carbons (Fsp3) is 0.545. The minimum absolute atomic E-state index is 0.199. The number of hydrogen-bond donors (Lipinski definition) is 2. The van der Waals surface area contributed by atoms with E-state index in [1.54, 1.807) is 25.7 Å². The second kappa shape index (κ2) is 13.3. The summed E-state index contributed by atoms with van der Waals surface area (Å²) in [5, 5.41) is 5.97. The number of benzene rings is 2. The first kappa shape index (κ1) is 32.9. The molecular weight excluding hydrogens is 502 g/mol. The van der Waals surface area contributed by atoms with Crippen LogP contribution in [0.1, 0.15) is 96.5 Å². The first-order valence-electron chi connectivity index (χ1n) is 14.3. The van der Waals surface area contributed by atoms with Crippen molar-refractivity contribution in [1.29, 1.82) is 0 Å². The number of ether oxygens (including phenoxy) is 1. The molecular formula is C33H49N3O4. The van der Waals surface area contributed by atoms with Crippen LogP contribution in [0.15, 0.2) is 42.5 Å². The minimum Gasteiger partial charge on any atom is -0.444 e. The minimum atomic E-state index is -0.936. The quantitative estimate of drug-likeness (QED) is 0.326. The second-order valence-electron chi connectivity index (χ2n) is 12.5. The number of nitrogens with zero attached hydrogens (tertiary/aromatic N) is 1. The number of rotatable bonds is 10. The predicted octanol–water partition coefficient (Wildman–Crippen LogP) is 7.25. The van der Waals surface area contributed by atoms with Gasteiger partial charge in [-0.15, -0.1) is 0 Å². The molecule has 3 unspecified atom stereocenters. The molecule has 3 amide bonds. The highest BCUT2D eigenvalue weighted by atomic mass is 16.6. The molecule has 0 saturated heterocycles. The van der Waals surface area contributed by atoms with Gasteiger partial charge in [-0.1, -0.05) is 75.2 Å². The summed E-state index contributed by atoms with van der Waals surface area (Å²) in [6.07, 6.45) is 0.584. The summed E-state index contributed by atoms with van der Waals surface area (Å²) in [6.45, 7) is 21.0. The Balaban J connectivity index is 2.69. The third-order valence-electron chi connectivity index (χ3n) is 7.54. The molecule has 0 spiro atoms. The smallest absolute Gasteiger partial charge is 0.408 e. The molecule has 7 nitrogen and oxygen atoms in total. The Morgan fingerprint density at radius 3 is 1.93 bits per heavy atom. The maximum atomic E-state index is 14.6. The van der Waals surface area contributed by atoms with Crippen molar-refractivity contribution in [2.45, 2.75) is 112 Å². The highest BCUT2D eigenvalue weighted by Gasteiger charge is 2.44. The van der Waals surface area contributed by atoms with Crippen LogP contribution in [0.25, 0.3) is 0 Å². The summed E-state index contributed by atoms with van der Waals surface area (Å²) in [7, 11) is 0. The van der Waals surface area contributed by atoms with Crippen LogP contribution >= 0.6 is 0 Å². The lowest BCUT2D eigenvalue weighted by molar-refractivity contribution is -0.148. The SMILES string of the molecule is CCC(C)C(NC(=O)OC(C)(C)C)C(=O)N(C(C(=O)Nc1c(C)cccc1C)c1ccc(C)cc1)C(C)(C)CC. The van der Waals surface area contributed by atoms with Gasteiger partial charge in [0.2, 0.25) is 5.91 Å². The van der Waals surface area contributed by atoms with E-state index < -0.39 is 29.3 Å². The summed E-state index contributed by atoms with van der Waals surface area (Å²) < 4.78 is 5.52. The van der Waals surface area contributed by atoms with Crippen LogP contribution < -0.4 is 10.6 Å². The van der Waals surface area contributed by atoms with Crippen LogP contribution in [0.4, 0.5) is 10.5 Å². The average Bonchev–Trinajstić information content (AvgIpc) is 2.86. The van der Waals surface area contributed by atoms with Gasteiger partial charge in [-0.2, -0.15) is 0 Å². The van der Waals surface area contributed by atoms with Crippen LogP contribution in [0, 0.1) is 26.7 Å². The number of carbonyl (C=O) groups excluding carboxylic acids is 3. The van der Waals surface area contributed by atoms with Crippen LogP contribution in [0.5, 0.6) is 0 Å². The topological polar surface area (TPSA) is 87.7 Å². The standard InChI is InChI=1S/C33H49N3O4/c1-12-22(4)27(35-31(39)40-32(7,8)9)30(38)36(33(10,11)13-2)28(25-19-17-21(3)18-20-25)29(37)34-26-23(5)15-14-16-24(26)6/h14-20,22,27-28H,12-13H2,1-11H3,(H,34,37)(H,35,39). The summed E-state index contributed by atoms with van der Waals surface area (Å²) in [5.41, 5.74) is 2.92. The number of anilines is 1. The van der Waals surface area contributed by atoms with E-state index in [9.17, 15) is 14.4 Å². The average molecular weight is 552 g/mol. The number of carbonyl (C=O) groups is 3. The van der Waals surface area contributed by atoms with E-state index in [1.165, 1.54) is 0 Å². The van der Waals surface area contributed by atoms with Crippen molar-refractivity contribution in [3.8, 4) is 0 Å². The molecule has 2 rings (SSSR count). The fourth-order valence-electron chi connectivity index (χ4n) is 4.58. The molecule has 2 aromatic rings. The molecule has 0 bridgehead atoms. The van der Waals surface area contributed by atoms with E-state index in [1.807, 2.05) is 97.9 Å². The summed E-state index contributed by atoms with van der Waals surface area (Å²) >= 11 is 0. The van der Waals surface area contributed by atoms with Gasteiger partial charge in [-0.25, -0.2) is 4.79 Å². The van der Waals surface area contributed by atoms with Crippen molar-refractivity contribution >= 4 is 23.6 Å². The van der Waals surface area contributed by atoms with Crippen molar-refractivity contribution in [1.82, 2.24) is 10.2 Å². The number of aryl methyl sites for hydroxylation is 3. The Hall–Kier alpha value is -3.35. The molecule has 0 aliphatic heterocycles. The van der Waals surface area contributed by atoms with Crippen LogP contribution in [-0.4, -0.2) is 40.0 Å². The van der Waals surface area contributed by atoms with E-state index in [4.69, 9.17) is 4.74 Å². The number of para-hydroxylation sites is 1. The number of nitrogens with one attached hydrogen (secondary N) is 2. The molecule has 0 heterocycles. The van der Waals surface area contributed by atoms with Gasteiger partial charge in [-0.3, -0.25) is 9.59 Å². The lowest BCUT2D eigenvalue weighted by atomic mass is 9.89. The van der Waals surface area contributed by atoms with Gasteiger partial charge < -0.3 is 20.3 Å². The fourth-order valence-corrected chi connectivity index (χ4v) is 4.58. The van der Waals surface area contributed by atoms with Gasteiger partial charge in [0.1, 0.15) is 17.7 Å². The molecule has 3 atom stereocenters. The monoisotopic (exact) mass is 551 g/mol. The lowest BCUT2D eigenvalue weighted by Crippen LogP contribution is -2.60. The van der Waals surface area contributed by atoms with E-state index in [2.05, 4.69) is 10.6 Å². The van der Waals surface area contributed by atoms with Crippen molar-refractivity contribution in [2.75, 3.05) is 5.32 Å². The molecule has 0 radical (unpaired) electrons. The number of hydrogen-bond acceptors (Lipinski definition) is 4. The second-order valence-corrected chi connectivity index (χ2v) is 12.5. The van der Waals surface area contributed by atoms with Gasteiger partial charge in [0.05, 0.1) is 0 Å². The maximum absolute atomic E-state index is 14.6.